The molecule has 0 saturated heterocycles. The highest BCUT2D eigenvalue weighted by Crippen LogP contribution is 2.17. The van der Waals surface area contributed by atoms with Gasteiger partial charge >= 0.3 is 5.97 Å². The van der Waals surface area contributed by atoms with Gasteiger partial charge in [-0.05, 0) is 60.2 Å². The second-order valence-corrected chi connectivity index (χ2v) is 6.60. The zero-order valence-electron chi connectivity index (χ0n) is 14.5. The summed E-state index contributed by atoms with van der Waals surface area (Å²) in [7, 11) is 0. The van der Waals surface area contributed by atoms with E-state index in [4.69, 9.17) is 4.74 Å². The van der Waals surface area contributed by atoms with Crippen LogP contribution in [0.15, 0.2) is 82.4 Å². The molecule has 0 fully saturated rings. The van der Waals surface area contributed by atoms with Crippen LogP contribution in [0, 0.1) is 0 Å². The van der Waals surface area contributed by atoms with Crippen LogP contribution in [0.25, 0.3) is 0 Å². The summed E-state index contributed by atoms with van der Waals surface area (Å²) in [6, 6.07) is 19.8. The van der Waals surface area contributed by atoms with Gasteiger partial charge in [-0.25, -0.2) is 10.2 Å². The molecule has 140 valence electrons. The molecule has 3 aromatic rings. The van der Waals surface area contributed by atoms with E-state index in [9.17, 15) is 14.7 Å². The standard InChI is InChI=1S/C21H15BrN2O4/c22-16-5-3-4-15(12-16)21(27)28-17-10-8-14(9-11-17)13-23-24-20(26)18-6-1-2-7-19(18)25/h1-13,25H,(H,24,26)/b23-13+. The van der Waals surface area contributed by atoms with E-state index in [1.165, 1.54) is 18.3 Å². The molecule has 0 spiro atoms. The van der Waals surface area contributed by atoms with Gasteiger partial charge < -0.3 is 9.84 Å². The van der Waals surface area contributed by atoms with Gasteiger partial charge in [0.25, 0.3) is 5.91 Å². The molecule has 28 heavy (non-hydrogen) atoms. The number of nitrogens with one attached hydrogen (secondary N) is 1. The number of benzene rings is 3. The first-order chi connectivity index (χ1) is 13.5. The summed E-state index contributed by atoms with van der Waals surface area (Å²) in [6.07, 6.45) is 1.44. The Bertz CT molecular complexity index is 1030. The highest BCUT2D eigenvalue weighted by molar-refractivity contribution is 9.10. The van der Waals surface area contributed by atoms with Gasteiger partial charge in [0.1, 0.15) is 11.5 Å². The van der Waals surface area contributed by atoms with Crippen molar-refractivity contribution in [3.8, 4) is 11.5 Å². The highest BCUT2D eigenvalue weighted by atomic mass is 79.9. The summed E-state index contributed by atoms with van der Waals surface area (Å²) >= 11 is 3.31. The monoisotopic (exact) mass is 438 g/mol. The van der Waals surface area contributed by atoms with Gasteiger partial charge in [0.05, 0.1) is 17.3 Å². The van der Waals surface area contributed by atoms with E-state index in [2.05, 4.69) is 26.5 Å². The average Bonchev–Trinajstić information content (AvgIpc) is 2.69. The third-order valence-corrected chi connectivity index (χ3v) is 4.17. The maximum atomic E-state index is 12.1. The molecule has 0 bridgehead atoms. The van der Waals surface area contributed by atoms with Gasteiger partial charge in [0, 0.05) is 4.47 Å². The molecule has 2 N–H and O–H groups in total. The van der Waals surface area contributed by atoms with Crippen LogP contribution in [0.2, 0.25) is 0 Å². The van der Waals surface area contributed by atoms with E-state index in [0.717, 1.165) is 4.47 Å². The third-order valence-electron chi connectivity index (χ3n) is 3.68. The van der Waals surface area contributed by atoms with E-state index in [1.807, 2.05) is 6.07 Å². The molecule has 6 nitrogen and oxygen atoms in total. The Kier molecular flexibility index (Phi) is 6.18. The Labute approximate surface area is 169 Å². The van der Waals surface area contributed by atoms with Crippen molar-refractivity contribution < 1.29 is 19.4 Å². The normalized spacial score (nSPS) is 10.6. The minimum absolute atomic E-state index is 0.119. The smallest absolute Gasteiger partial charge is 0.343 e. The quantitative estimate of drug-likeness (QED) is 0.271. The number of hydrogen-bond donors (Lipinski definition) is 2. The molecule has 0 saturated carbocycles. The van der Waals surface area contributed by atoms with Gasteiger partial charge in [-0.1, -0.05) is 34.1 Å². The molecule has 0 atom stereocenters. The lowest BCUT2D eigenvalue weighted by atomic mass is 10.2. The lowest BCUT2D eigenvalue weighted by Crippen LogP contribution is -2.17. The van der Waals surface area contributed by atoms with Crippen molar-refractivity contribution in [2.45, 2.75) is 0 Å². The van der Waals surface area contributed by atoms with Crippen molar-refractivity contribution in [2.24, 2.45) is 5.10 Å². The Hall–Kier alpha value is -3.45. The number of hydrogen-bond acceptors (Lipinski definition) is 5. The number of phenols is 1. The molecule has 0 aliphatic carbocycles. The first-order valence-corrected chi connectivity index (χ1v) is 9.01. The van der Waals surface area contributed by atoms with E-state index in [1.54, 1.807) is 54.6 Å². The van der Waals surface area contributed by atoms with Crippen molar-refractivity contribution >= 4 is 34.0 Å². The van der Waals surface area contributed by atoms with Crippen molar-refractivity contribution in [1.82, 2.24) is 5.43 Å². The lowest BCUT2D eigenvalue weighted by Gasteiger charge is -2.05. The fourth-order valence-corrected chi connectivity index (χ4v) is 2.69. The topological polar surface area (TPSA) is 88.0 Å². The molecule has 0 aliphatic heterocycles. The van der Waals surface area contributed by atoms with Gasteiger partial charge in [-0.15, -0.1) is 0 Å². The number of carbonyl (C=O) groups is 2. The molecule has 0 unspecified atom stereocenters. The number of esters is 1. The number of nitrogens with zero attached hydrogens (tertiary/aromatic N) is 1. The number of halogens is 1. The number of hydrazone groups is 1. The molecular weight excluding hydrogens is 424 g/mol. The Morgan fingerprint density at radius 1 is 1.00 bits per heavy atom. The summed E-state index contributed by atoms with van der Waals surface area (Å²) < 4.78 is 6.11. The Morgan fingerprint density at radius 2 is 1.75 bits per heavy atom. The summed E-state index contributed by atoms with van der Waals surface area (Å²) in [5.74, 6) is -0.709. The maximum absolute atomic E-state index is 12.1. The molecule has 3 aromatic carbocycles. The van der Waals surface area contributed by atoms with Gasteiger partial charge in [0.15, 0.2) is 0 Å². The van der Waals surface area contributed by atoms with Crippen LogP contribution in [0.5, 0.6) is 11.5 Å². The van der Waals surface area contributed by atoms with Crippen molar-refractivity contribution in [1.29, 1.82) is 0 Å². The second kappa shape index (κ2) is 8.96. The summed E-state index contributed by atoms with van der Waals surface area (Å²) in [5, 5.41) is 13.5. The number of carbonyl (C=O) groups excluding carboxylic acids is 2. The predicted molar refractivity (Wildman–Crippen MR) is 109 cm³/mol. The lowest BCUT2D eigenvalue weighted by molar-refractivity contribution is 0.0734. The Morgan fingerprint density at radius 3 is 2.46 bits per heavy atom. The minimum Gasteiger partial charge on any atom is -0.507 e. The zero-order valence-corrected chi connectivity index (χ0v) is 16.1. The minimum atomic E-state index is -0.520. The van der Waals surface area contributed by atoms with E-state index < -0.39 is 11.9 Å². The van der Waals surface area contributed by atoms with Gasteiger partial charge in [-0.3, -0.25) is 4.79 Å². The molecule has 0 aromatic heterocycles. The molecule has 3 rings (SSSR count). The number of rotatable bonds is 5. The van der Waals surface area contributed by atoms with E-state index in [0.29, 0.717) is 16.9 Å². The SMILES string of the molecule is O=C(Oc1ccc(/C=N/NC(=O)c2ccccc2O)cc1)c1cccc(Br)c1. The second-order valence-electron chi connectivity index (χ2n) is 5.69. The first-order valence-electron chi connectivity index (χ1n) is 8.22. The maximum Gasteiger partial charge on any atom is 0.343 e. The van der Waals surface area contributed by atoms with Gasteiger partial charge in [0.2, 0.25) is 0 Å². The predicted octanol–water partition coefficient (Wildman–Crippen LogP) is 4.14. The summed E-state index contributed by atoms with van der Waals surface area (Å²) in [6.45, 7) is 0. The fraction of sp³-hybridized carbons (Fsp3) is 0. The number of amides is 1. The molecule has 0 aliphatic rings. The van der Waals surface area contributed by atoms with E-state index in [-0.39, 0.29) is 11.3 Å². The zero-order chi connectivity index (χ0) is 19.9. The molecule has 0 radical (unpaired) electrons. The number of phenolic OH excluding ortho intramolecular Hbond substituents is 1. The van der Waals surface area contributed by atoms with Crippen LogP contribution < -0.4 is 10.2 Å². The van der Waals surface area contributed by atoms with Crippen molar-refractivity contribution in [3.63, 3.8) is 0 Å². The van der Waals surface area contributed by atoms with Gasteiger partial charge in [-0.2, -0.15) is 5.10 Å². The number of ether oxygens (including phenoxy) is 1. The van der Waals surface area contributed by atoms with Crippen molar-refractivity contribution in [2.75, 3.05) is 0 Å². The van der Waals surface area contributed by atoms with Crippen LogP contribution in [0.1, 0.15) is 26.3 Å². The summed E-state index contributed by atoms with van der Waals surface area (Å²) in [5.41, 5.74) is 3.61. The highest BCUT2D eigenvalue weighted by Gasteiger charge is 2.09. The Balaban J connectivity index is 1.58. The van der Waals surface area contributed by atoms with Crippen LogP contribution in [-0.2, 0) is 0 Å². The van der Waals surface area contributed by atoms with Crippen LogP contribution in [0.3, 0.4) is 0 Å². The average molecular weight is 439 g/mol. The van der Waals surface area contributed by atoms with E-state index >= 15 is 0 Å². The van der Waals surface area contributed by atoms with Crippen LogP contribution in [-0.4, -0.2) is 23.2 Å². The largest absolute Gasteiger partial charge is 0.507 e. The molecule has 1 amide bonds. The van der Waals surface area contributed by atoms with Crippen LogP contribution >= 0.6 is 15.9 Å². The number of para-hydroxylation sites is 1. The fourth-order valence-electron chi connectivity index (χ4n) is 2.29. The van der Waals surface area contributed by atoms with Crippen molar-refractivity contribution in [3.05, 3.63) is 94.0 Å². The number of aromatic hydroxyl groups is 1. The molecule has 0 heterocycles. The van der Waals surface area contributed by atoms with Crippen LogP contribution in [0.4, 0.5) is 0 Å². The first kappa shape index (κ1) is 19.3. The molecule has 7 heteroatoms. The third kappa shape index (κ3) is 5.05. The summed E-state index contributed by atoms with van der Waals surface area (Å²) in [4.78, 5) is 24.1. The molecular formula is C21H15BrN2O4.